The lowest BCUT2D eigenvalue weighted by atomic mass is 9.75. The van der Waals surface area contributed by atoms with Crippen molar-refractivity contribution in [2.45, 2.75) is 58.1 Å². The summed E-state index contributed by atoms with van der Waals surface area (Å²) in [5.41, 5.74) is 6.18. The van der Waals surface area contributed by atoms with E-state index in [9.17, 15) is 14.8 Å². The molecular formula is C32H38N2O5. The maximum Gasteiger partial charge on any atom is 0.333 e. The van der Waals surface area contributed by atoms with Gasteiger partial charge in [-0.2, -0.15) is 0 Å². The monoisotopic (exact) mass is 530 g/mol. The highest BCUT2D eigenvalue weighted by Crippen LogP contribution is 2.43. The molecule has 0 aliphatic carbocycles. The molecule has 0 radical (unpaired) electrons. The van der Waals surface area contributed by atoms with Crippen LogP contribution in [0.1, 0.15) is 61.1 Å². The second kappa shape index (κ2) is 12.4. The van der Waals surface area contributed by atoms with E-state index in [-0.39, 0.29) is 5.41 Å². The summed E-state index contributed by atoms with van der Waals surface area (Å²) in [6.45, 7) is 10.9. The lowest BCUT2D eigenvalue weighted by Gasteiger charge is -2.41. The van der Waals surface area contributed by atoms with Crippen molar-refractivity contribution in [3.63, 3.8) is 0 Å². The average molecular weight is 531 g/mol. The molecule has 3 aromatic carbocycles. The molecule has 3 aromatic rings. The zero-order valence-corrected chi connectivity index (χ0v) is 23.2. The number of fused-ring (bicyclic) bond motifs is 1. The van der Waals surface area contributed by atoms with Crippen LogP contribution < -0.4 is 9.64 Å². The van der Waals surface area contributed by atoms with Crippen LogP contribution in [0.15, 0.2) is 71.9 Å². The molecule has 206 valence electrons. The van der Waals surface area contributed by atoms with Crippen LogP contribution in [0.25, 0.3) is 0 Å². The van der Waals surface area contributed by atoms with Gasteiger partial charge in [-0.25, -0.2) is 4.79 Å². The molecule has 4 rings (SSSR count). The Labute approximate surface area is 230 Å². The molecule has 0 fully saturated rings. The maximum atomic E-state index is 12.0. The quantitative estimate of drug-likeness (QED) is 0.271. The molecule has 1 aliphatic heterocycles. The maximum absolute atomic E-state index is 12.0. The summed E-state index contributed by atoms with van der Waals surface area (Å²) in [6.07, 6.45) is 0.460. The molecule has 1 N–H and O–H groups in total. The standard InChI is InChI=1S/C32H38N2O5/c1-5-38-29(31(35)36)20-23-11-13-25(14-12-23)39-18-17-34-16-15-32(3,4)27-21-26(22(2)19-28(27)34)30(33-37)24-9-7-6-8-10-24/h6-14,19,21,29-30H,5,15-18,20H2,1-4H3,(H,35,36). The fourth-order valence-corrected chi connectivity index (χ4v) is 5.27. The lowest BCUT2D eigenvalue weighted by molar-refractivity contribution is -0.149. The minimum Gasteiger partial charge on any atom is -0.492 e. The number of carbonyl (C=O) groups is 1. The summed E-state index contributed by atoms with van der Waals surface area (Å²) in [5.74, 6) is -0.212. The van der Waals surface area contributed by atoms with Crippen molar-refractivity contribution < 1.29 is 19.4 Å². The van der Waals surface area contributed by atoms with Crippen molar-refractivity contribution in [2.75, 3.05) is 31.2 Å². The predicted molar refractivity (Wildman–Crippen MR) is 154 cm³/mol. The number of anilines is 1. The van der Waals surface area contributed by atoms with Gasteiger partial charge in [-0.15, -0.1) is 4.91 Å². The fraction of sp³-hybridized carbons (Fsp3) is 0.406. The Morgan fingerprint density at radius 3 is 2.46 bits per heavy atom. The lowest BCUT2D eigenvalue weighted by Crippen LogP contribution is -2.39. The van der Waals surface area contributed by atoms with Crippen molar-refractivity contribution in [1.82, 2.24) is 0 Å². The molecule has 2 atom stereocenters. The second-order valence-corrected chi connectivity index (χ2v) is 10.7. The van der Waals surface area contributed by atoms with Gasteiger partial charge in [0.2, 0.25) is 0 Å². The topological polar surface area (TPSA) is 88.4 Å². The summed E-state index contributed by atoms with van der Waals surface area (Å²) in [4.78, 5) is 25.7. The van der Waals surface area contributed by atoms with E-state index in [4.69, 9.17) is 9.47 Å². The van der Waals surface area contributed by atoms with E-state index in [0.717, 1.165) is 47.5 Å². The molecule has 2 unspecified atom stereocenters. The summed E-state index contributed by atoms with van der Waals surface area (Å²) < 4.78 is 11.4. The van der Waals surface area contributed by atoms with E-state index in [1.54, 1.807) is 6.92 Å². The Balaban J connectivity index is 1.46. The number of hydrogen-bond donors (Lipinski definition) is 1. The fourth-order valence-electron chi connectivity index (χ4n) is 5.27. The van der Waals surface area contributed by atoms with Crippen molar-refractivity contribution in [2.24, 2.45) is 5.18 Å². The molecule has 1 aliphatic rings. The number of benzene rings is 3. The second-order valence-electron chi connectivity index (χ2n) is 10.7. The molecule has 0 aromatic heterocycles. The number of aryl methyl sites for hydroxylation is 1. The van der Waals surface area contributed by atoms with Crippen LogP contribution in [0.4, 0.5) is 5.69 Å². The number of hydrogen-bond acceptors (Lipinski definition) is 6. The molecule has 1 heterocycles. The van der Waals surface area contributed by atoms with Crippen LogP contribution in [0.5, 0.6) is 5.75 Å². The van der Waals surface area contributed by atoms with E-state index < -0.39 is 18.1 Å². The Kier molecular flexibility index (Phi) is 9.02. The zero-order valence-electron chi connectivity index (χ0n) is 23.2. The molecule has 0 amide bonds. The van der Waals surface area contributed by atoms with Crippen molar-refractivity contribution in [1.29, 1.82) is 0 Å². The normalized spacial score (nSPS) is 15.7. The molecule has 39 heavy (non-hydrogen) atoms. The van der Waals surface area contributed by atoms with Crippen LogP contribution in [-0.4, -0.2) is 43.5 Å². The first-order chi connectivity index (χ1) is 18.7. The first-order valence-corrected chi connectivity index (χ1v) is 13.6. The van der Waals surface area contributed by atoms with Crippen molar-refractivity contribution in [3.05, 3.63) is 99.5 Å². The minimum absolute atomic E-state index is 0.0234. The number of rotatable bonds is 12. The van der Waals surface area contributed by atoms with E-state index in [1.807, 2.05) is 54.6 Å². The first kappa shape index (κ1) is 28.3. The molecule has 0 saturated carbocycles. The number of nitrogens with zero attached hydrogens (tertiary/aromatic N) is 2. The molecule has 7 heteroatoms. The van der Waals surface area contributed by atoms with Crippen LogP contribution in [-0.2, 0) is 21.4 Å². The summed E-state index contributed by atoms with van der Waals surface area (Å²) in [7, 11) is 0. The van der Waals surface area contributed by atoms with Crippen LogP contribution in [0.2, 0.25) is 0 Å². The van der Waals surface area contributed by atoms with Gasteiger partial charge >= 0.3 is 5.97 Å². The molecular weight excluding hydrogens is 492 g/mol. The number of ether oxygens (including phenoxy) is 2. The third-order valence-electron chi connectivity index (χ3n) is 7.59. The smallest absolute Gasteiger partial charge is 0.333 e. The summed E-state index contributed by atoms with van der Waals surface area (Å²) in [6, 6.07) is 21.1. The van der Waals surface area contributed by atoms with Crippen LogP contribution >= 0.6 is 0 Å². The molecule has 0 saturated heterocycles. The van der Waals surface area contributed by atoms with Gasteiger partial charge in [-0.1, -0.05) is 67.6 Å². The van der Waals surface area contributed by atoms with Gasteiger partial charge < -0.3 is 19.5 Å². The van der Waals surface area contributed by atoms with E-state index in [0.29, 0.717) is 19.6 Å². The van der Waals surface area contributed by atoms with E-state index in [1.165, 1.54) is 11.3 Å². The highest BCUT2D eigenvalue weighted by atomic mass is 16.5. The molecule has 0 bridgehead atoms. The summed E-state index contributed by atoms with van der Waals surface area (Å²) in [5, 5.41) is 12.8. The van der Waals surface area contributed by atoms with Gasteiger partial charge in [0.1, 0.15) is 18.4 Å². The zero-order chi connectivity index (χ0) is 28.0. The Bertz CT molecular complexity index is 1270. The highest BCUT2D eigenvalue weighted by molar-refractivity contribution is 5.72. The van der Waals surface area contributed by atoms with Gasteiger partial charge in [0.05, 0.1) is 6.54 Å². The summed E-state index contributed by atoms with van der Waals surface area (Å²) >= 11 is 0. The third-order valence-corrected chi connectivity index (χ3v) is 7.59. The number of aliphatic carboxylic acids is 1. The SMILES string of the molecule is CCOC(Cc1ccc(OCCN2CCC(C)(C)c3cc(C(N=O)c4ccccc4)c(C)cc32)cc1)C(=O)O. The molecule has 0 spiro atoms. The molecule has 7 nitrogen and oxygen atoms in total. The van der Waals surface area contributed by atoms with E-state index >= 15 is 0 Å². The Hall–Kier alpha value is -3.71. The van der Waals surface area contributed by atoms with Gasteiger partial charge in [0, 0.05) is 25.3 Å². The van der Waals surface area contributed by atoms with Gasteiger partial charge in [0.25, 0.3) is 0 Å². The largest absolute Gasteiger partial charge is 0.492 e. The highest BCUT2D eigenvalue weighted by Gasteiger charge is 2.33. The van der Waals surface area contributed by atoms with Crippen molar-refractivity contribution >= 4 is 11.7 Å². The van der Waals surface area contributed by atoms with Crippen LogP contribution in [0, 0.1) is 11.8 Å². The van der Waals surface area contributed by atoms with Gasteiger partial charge in [-0.05, 0) is 71.7 Å². The van der Waals surface area contributed by atoms with Gasteiger partial charge in [-0.3, -0.25) is 0 Å². The number of nitroso groups, excluding NO2 is 1. The van der Waals surface area contributed by atoms with E-state index in [2.05, 4.69) is 43.0 Å². The Morgan fingerprint density at radius 1 is 1.10 bits per heavy atom. The average Bonchev–Trinajstić information content (AvgIpc) is 2.92. The Morgan fingerprint density at radius 2 is 1.82 bits per heavy atom. The number of carboxylic acid groups (broad SMARTS) is 1. The number of carboxylic acids is 1. The minimum atomic E-state index is -0.956. The predicted octanol–water partition coefficient (Wildman–Crippen LogP) is 6.45. The first-order valence-electron chi connectivity index (χ1n) is 13.6. The third kappa shape index (κ3) is 6.66. The van der Waals surface area contributed by atoms with Crippen molar-refractivity contribution in [3.8, 4) is 5.75 Å². The van der Waals surface area contributed by atoms with Crippen LogP contribution in [0.3, 0.4) is 0 Å². The van der Waals surface area contributed by atoms with Gasteiger partial charge in [0.15, 0.2) is 6.10 Å².